The molecule has 4 nitrogen and oxygen atoms in total. The van der Waals surface area contributed by atoms with Crippen molar-refractivity contribution in [2.45, 2.75) is 39.5 Å². The van der Waals surface area contributed by atoms with Gasteiger partial charge in [0.2, 0.25) is 0 Å². The summed E-state index contributed by atoms with van der Waals surface area (Å²) in [6.45, 7) is 5.76. The van der Waals surface area contributed by atoms with E-state index in [-0.39, 0.29) is 6.09 Å². The third kappa shape index (κ3) is 4.15. The van der Waals surface area contributed by atoms with E-state index < -0.39 is 0 Å². The first-order chi connectivity index (χ1) is 14.0. The normalized spacial score (nSPS) is 16.2. The molecule has 2 aliphatic rings. The van der Waals surface area contributed by atoms with Gasteiger partial charge >= 0.3 is 6.09 Å². The molecular formula is C23H24Br2N2O2. The van der Waals surface area contributed by atoms with Crippen LogP contribution in [0, 0.1) is 6.92 Å². The van der Waals surface area contributed by atoms with Crippen molar-refractivity contribution in [1.29, 1.82) is 0 Å². The number of hydrogen-bond donors (Lipinski definition) is 0. The predicted octanol–water partition coefficient (Wildman–Crippen LogP) is 6.07. The maximum atomic E-state index is 12.1. The molecule has 1 aliphatic heterocycles. The van der Waals surface area contributed by atoms with Gasteiger partial charge in [-0.3, -0.25) is 4.98 Å². The summed E-state index contributed by atoms with van der Waals surface area (Å²) in [5.74, 6) is 0. The van der Waals surface area contributed by atoms with E-state index in [4.69, 9.17) is 9.72 Å². The van der Waals surface area contributed by atoms with Crippen LogP contribution in [0.2, 0.25) is 0 Å². The molecule has 1 amide bonds. The van der Waals surface area contributed by atoms with Gasteiger partial charge in [0.25, 0.3) is 0 Å². The number of aromatic nitrogens is 1. The van der Waals surface area contributed by atoms with Crippen molar-refractivity contribution in [2.75, 3.05) is 19.7 Å². The number of carbonyl (C=O) groups excluding carboxylic acids is 1. The van der Waals surface area contributed by atoms with Gasteiger partial charge in [0.05, 0.1) is 12.3 Å². The molecule has 0 atom stereocenters. The summed E-state index contributed by atoms with van der Waals surface area (Å²) in [6.07, 6.45) is 5.32. The van der Waals surface area contributed by atoms with E-state index in [2.05, 4.69) is 57.0 Å². The molecule has 0 N–H and O–H groups in total. The molecule has 1 aromatic heterocycles. The minimum Gasteiger partial charge on any atom is -0.450 e. The van der Waals surface area contributed by atoms with Crippen LogP contribution in [0.5, 0.6) is 0 Å². The third-order valence-corrected chi connectivity index (χ3v) is 6.71. The number of fused-ring (bicyclic) bond motifs is 2. The molecule has 2 heterocycles. The Hall–Kier alpha value is -1.66. The van der Waals surface area contributed by atoms with Gasteiger partial charge in [0.1, 0.15) is 0 Å². The fourth-order valence-electron chi connectivity index (χ4n) is 4.34. The Morgan fingerprint density at radius 3 is 2.55 bits per heavy atom. The van der Waals surface area contributed by atoms with Gasteiger partial charge in [-0.15, -0.1) is 0 Å². The van der Waals surface area contributed by atoms with Crippen molar-refractivity contribution in [3.63, 3.8) is 0 Å². The van der Waals surface area contributed by atoms with E-state index in [0.29, 0.717) is 19.7 Å². The minimum absolute atomic E-state index is 0.211. The number of ether oxygens (including phenoxy) is 1. The SMILES string of the molecule is CCOC(=O)N1CCC(=C2c3ncc(Br)cc3CCc3cc(C)cc(Br)c32)CC1. The van der Waals surface area contributed by atoms with E-state index >= 15 is 0 Å². The first kappa shape index (κ1) is 20.6. The summed E-state index contributed by atoms with van der Waals surface area (Å²) in [7, 11) is 0. The molecule has 1 saturated heterocycles. The van der Waals surface area contributed by atoms with E-state index in [1.54, 1.807) is 0 Å². The zero-order chi connectivity index (χ0) is 20.5. The number of pyridine rings is 1. The molecule has 0 spiro atoms. The first-order valence-corrected chi connectivity index (χ1v) is 11.6. The molecule has 29 heavy (non-hydrogen) atoms. The highest BCUT2D eigenvalue weighted by Gasteiger charge is 2.28. The largest absolute Gasteiger partial charge is 0.450 e. The lowest BCUT2D eigenvalue weighted by Crippen LogP contribution is -2.37. The average molecular weight is 520 g/mol. The van der Waals surface area contributed by atoms with Gasteiger partial charge in [-0.25, -0.2) is 4.79 Å². The van der Waals surface area contributed by atoms with Crippen LogP contribution in [0.1, 0.15) is 47.7 Å². The number of likely N-dealkylation sites (tertiary alicyclic amines) is 1. The Kier molecular flexibility index (Phi) is 6.11. The highest BCUT2D eigenvalue weighted by atomic mass is 79.9. The van der Waals surface area contributed by atoms with Gasteiger partial charge in [0, 0.05) is 39.4 Å². The Morgan fingerprint density at radius 2 is 1.83 bits per heavy atom. The Bertz CT molecular complexity index is 991. The fourth-order valence-corrected chi connectivity index (χ4v) is 5.54. The second-order valence-corrected chi connectivity index (χ2v) is 9.38. The van der Waals surface area contributed by atoms with E-state index in [9.17, 15) is 4.79 Å². The molecule has 0 radical (unpaired) electrons. The Labute approximate surface area is 188 Å². The van der Waals surface area contributed by atoms with Crippen molar-refractivity contribution >= 4 is 43.5 Å². The van der Waals surface area contributed by atoms with Gasteiger partial charge in [0.15, 0.2) is 0 Å². The van der Waals surface area contributed by atoms with Crippen LogP contribution >= 0.6 is 31.9 Å². The summed E-state index contributed by atoms with van der Waals surface area (Å²) in [6, 6.07) is 6.69. The summed E-state index contributed by atoms with van der Waals surface area (Å²) < 4.78 is 7.32. The average Bonchev–Trinajstić information content (AvgIpc) is 2.85. The monoisotopic (exact) mass is 518 g/mol. The maximum absolute atomic E-state index is 12.1. The molecule has 0 unspecified atom stereocenters. The Balaban J connectivity index is 1.82. The molecular weight excluding hydrogens is 496 g/mol. The Morgan fingerprint density at radius 1 is 1.10 bits per heavy atom. The fraction of sp³-hybridized carbons (Fsp3) is 0.391. The third-order valence-electron chi connectivity index (χ3n) is 5.65. The van der Waals surface area contributed by atoms with Crippen LogP contribution in [-0.2, 0) is 17.6 Å². The van der Waals surface area contributed by atoms with E-state index in [1.165, 1.54) is 33.4 Å². The van der Waals surface area contributed by atoms with Crippen LogP contribution in [0.4, 0.5) is 4.79 Å². The zero-order valence-electron chi connectivity index (χ0n) is 16.7. The first-order valence-electron chi connectivity index (χ1n) is 10.1. The van der Waals surface area contributed by atoms with Gasteiger partial charge in [-0.05, 0) is 84.3 Å². The van der Waals surface area contributed by atoms with Crippen LogP contribution in [-0.4, -0.2) is 35.7 Å². The van der Waals surface area contributed by atoms with Crippen molar-refractivity contribution in [1.82, 2.24) is 9.88 Å². The van der Waals surface area contributed by atoms with Gasteiger partial charge in [-0.2, -0.15) is 0 Å². The van der Waals surface area contributed by atoms with Crippen molar-refractivity contribution in [2.24, 2.45) is 0 Å². The molecule has 152 valence electrons. The summed E-state index contributed by atoms with van der Waals surface area (Å²) in [5, 5.41) is 0. The van der Waals surface area contributed by atoms with Gasteiger partial charge < -0.3 is 9.64 Å². The second-order valence-electron chi connectivity index (χ2n) is 7.61. The van der Waals surface area contributed by atoms with Crippen LogP contribution in [0.3, 0.4) is 0 Å². The number of rotatable bonds is 1. The molecule has 4 rings (SSSR count). The van der Waals surface area contributed by atoms with Crippen LogP contribution in [0.15, 0.2) is 38.9 Å². The number of benzene rings is 1. The van der Waals surface area contributed by atoms with Crippen molar-refractivity contribution in [3.05, 3.63) is 66.9 Å². The summed E-state index contributed by atoms with van der Waals surface area (Å²) in [5.41, 5.74) is 8.86. The minimum atomic E-state index is -0.211. The number of halogens is 2. The number of amides is 1. The van der Waals surface area contributed by atoms with E-state index in [0.717, 1.165) is 40.3 Å². The summed E-state index contributed by atoms with van der Waals surface area (Å²) >= 11 is 7.43. The molecule has 6 heteroatoms. The number of carbonyl (C=O) groups is 1. The molecule has 1 aliphatic carbocycles. The standard InChI is InChI=1S/C23H24Br2N2O2/c1-3-29-23(28)27-8-6-15(7-9-27)21-20-16(10-14(2)11-19(20)25)4-5-17-12-18(24)13-26-22(17)21/h10-13H,3-9H2,1-2H3. The van der Waals surface area contributed by atoms with Crippen molar-refractivity contribution < 1.29 is 9.53 Å². The molecule has 0 saturated carbocycles. The number of nitrogens with zero attached hydrogens (tertiary/aromatic N) is 2. The second kappa shape index (κ2) is 8.60. The lowest BCUT2D eigenvalue weighted by Gasteiger charge is -2.30. The zero-order valence-corrected chi connectivity index (χ0v) is 19.9. The van der Waals surface area contributed by atoms with Gasteiger partial charge in [-0.1, -0.05) is 27.6 Å². The maximum Gasteiger partial charge on any atom is 0.409 e. The lowest BCUT2D eigenvalue weighted by atomic mass is 9.88. The molecule has 0 bridgehead atoms. The smallest absolute Gasteiger partial charge is 0.409 e. The van der Waals surface area contributed by atoms with Crippen LogP contribution in [0.25, 0.3) is 5.57 Å². The molecule has 1 fully saturated rings. The highest BCUT2D eigenvalue weighted by Crippen LogP contribution is 2.42. The van der Waals surface area contributed by atoms with Crippen molar-refractivity contribution in [3.8, 4) is 0 Å². The van der Waals surface area contributed by atoms with Crippen LogP contribution < -0.4 is 0 Å². The topological polar surface area (TPSA) is 42.4 Å². The lowest BCUT2D eigenvalue weighted by molar-refractivity contribution is 0.104. The summed E-state index contributed by atoms with van der Waals surface area (Å²) in [4.78, 5) is 18.8. The molecule has 2 aromatic rings. The number of hydrogen-bond acceptors (Lipinski definition) is 3. The molecule has 1 aromatic carbocycles. The number of aryl methyl sites for hydroxylation is 3. The quantitative estimate of drug-likeness (QED) is 0.459. The predicted molar refractivity (Wildman–Crippen MR) is 122 cm³/mol. The van der Waals surface area contributed by atoms with E-state index in [1.807, 2.05) is 18.0 Å². The number of piperidine rings is 1. The highest BCUT2D eigenvalue weighted by molar-refractivity contribution is 9.10.